The van der Waals surface area contributed by atoms with Crippen molar-refractivity contribution < 1.29 is 9.47 Å². The van der Waals surface area contributed by atoms with Crippen LogP contribution in [0.2, 0.25) is 0 Å². The number of allylic oxidation sites excluding steroid dienone is 2. The first-order valence-electron chi connectivity index (χ1n) is 7.47. The van der Waals surface area contributed by atoms with Crippen molar-refractivity contribution in [2.75, 3.05) is 7.11 Å². The van der Waals surface area contributed by atoms with Gasteiger partial charge in [0.2, 0.25) is 0 Å². The quantitative estimate of drug-likeness (QED) is 0.750. The first kappa shape index (κ1) is 13.2. The Morgan fingerprint density at radius 3 is 2.50 bits per heavy atom. The highest BCUT2D eigenvalue weighted by Crippen LogP contribution is 2.60. The first-order chi connectivity index (χ1) is 10.6. The van der Waals surface area contributed by atoms with Crippen molar-refractivity contribution in [3.63, 3.8) is 0 Å². The number of methoxy groups -OCH3 is 1. The summed E-state index contributed by atoms with van der Waals surface area (Å²) >= 11 is 0. The molecule has 1 aliphatic carbocycles. The summed E-state index contributed by atoms with van der Waals surface area (Å²) in [6, 6.07) is 14.3. The zero-order chi connectivity index (χ0) is 15.3. The second-order valence-electron chi connectivity index (χ2n) is 6.04. The molecule has 1 spiro atoms. The van der Waals surface area contributed by atoms with Gasteiger partial charge in [0.1, 0.15) is 17.3 Å². The van der Waals surface area contributed by atoms with E-state index >= 15 is 0 Å². The highest BCUT2D eigenvalue weighted by atomic mass is 16.5. The maximum atomic E-state index is 6.23. The maximum Gasteiger partial charge on any atom is 0.134 e. The van der Waals surface area contributed by atoms with E-state index in [-0.39, 0.29) is 5.41 Å². The molecule has 0 saturated heterocycles. The van der Waals surface area contributed by atoms with Crippen LogP contribution in [0.3, 0.4) is 0 Å². The molecule has 4 rings (SSSR count). The topological polar surface area (TPSA) is 18.5 Å². The van der Waals surface area contributed by atoms with E-state index in [1.807, 2.05) is 24.3 Å². The molecule has 1 aliphatic heterocycles. The third-order valence-electron chi connectivity index (χ3n) is 4.65. The minimum absolute atomic E-state index is 0.0329. The van der Waals surface area contributed by atoms with Crippen molar-refractivity contribution in [3.8, 4) is 11.5 Å². The van der Waals surface area contributed by atoms with Gasteiger partial charge in [0, 0.05) is 16.5 Å². The molecule has 0 amide bonds. The van der Waals surface area contributed by atoms with Crippen LogP contribution in [0.15, 0.2) is 60.7 Å². The second-order valence-corrected chi connectivity index (χ2v) is 6.04. The summed E-state index contributed by atoms with van der Waals surface area (Å²) in [7, 11) is 1.67. The van der Waals surface area contributed by atoms with Crippen molar-refractivity contribution in [2.24, 2.45) is 0 Å². The largest absolute Gasteiger partial charge is 0.497 e. The van der Waals surface area contributed by atoms with E-state index in [0.29, 0.717) is 0 Å². The molecule has 1 unspecified atom stereocenters. The van der Waals surface area contributed by atoms with Crippen LogP contribution in [0.1, 0.15) is 23.1 Å². The molecule has 110 valence electrons. The van der Waals surface area contributed by atoms with Gasteiger partial charge in [-0.15, -0.1) is 0 Å². The maximum absolute atomic E-state index is 6.23. The number of fused-ring (bicyclic) bond motifs is 2. The molecule has 2 aromatic carbocycles. The van der Waals surface area contributed by atoms with Gasteiger partial charge in [0.05, 0.1) is 7.11 Å². The monoisotopic (exact) mass is 290 g/mol. The van der Waals surface area contributed by atoms with Gasteiger partial charge in [0.15, 0.2) is 0 Å². The molecule has 22 heavy (non-hydrogen) atoms. The zero-order valence-corrected chi connectivity index (χ0v) is 12.8. The Bertz CT molecular complexity index is 799. The Hall–Kier alpha value is -2.48. The number of hydrogen-bond acceptors (Lipinski definition) is 2. The second kappa shape index (κ2) is 4.51. The lowest BCUT2D eigenvalue weighted by molar-refractivity contribution is 0.414. The third-order valence-corrected chi connectivity index (χ3v) is 4.65. The lowest BCUT2D eigenvalue weighted by Gasteiger charge is -2.26. The molecule has 1 heterocycles. The first-order valence-corrected chi connectivity index (χ1v) is 7.47. The van der Waals surface area contributed by atoms with Gasteiger partial charge in [-0.1, -0.05) is 30.4 Å². The number of hydrogen-bond donors (Lipinski definition) is 0. The highest BCUT2D eigenvalue weighted by Gasteiger charge is 2.51. The summed E-state index contributed by atoms with van der Waals surface area (Å²) in [5.74, 6) is 2.74. The van der Waals surface area contributed by atoms with E-state index < -0.39 is 0 Å². The van der Waals surface area contributed by atoms with E-state index in [2.05, 4.69) is 37.8 Å². The Balaban J connectivity index is 1.82. The summed E-state index contributed by atoms with van der Waals surface area (Å²) in [5, 5.41) is 0. The molecule has 2 aliphatic rings. The predicted octanol–water partition coefficient (Wildman–Crippen LogP) is 4.63. The number of para-hydroxylation sites is 1. The van der Waals surface area contributed by atoms with Crippen molar-refractivity contribution >= 4 is 5.76 Å². The molecule has 1 fully saturated rings. The normalized spacial score (nSPS) is 21.9. The van der Waals surface area contributed by atoms with Gasteiger partial charge in [-0.25, -0.2) is 0 Å². The molecule has 2 nitrogen and oxygen atoms in total. The van der Waals surface area contributed by atoms with Crippen molar-refractivity contribution in [1.29, 1.82) is 0 Å². The Morgan fingerprint density at radius 2 is 1.86 bits per heavy atom. The standard InChI is InChI=1S/C20H18O2/c1-13-5-4-6-17-19(13)22-18(12-20(17)11-14(20)2)15-7-9-16(21-3)10-8-15/h4-10,12H,2,11H2,1,3H3. The molecule has 0 aromatic heterocycles. The van der Waals surface area contributed by atoms with Crippen molar-refractivity contribution in [2.45, 2.75) is 18.8 Å². The SMILES string of the molecule is C=C1CC12C=C(c1ccc(OC)cc1)Oc1c(C)cccc12. The fourth-order valence-corrected chi connectivity index (χ4v) is 3.21. The number of aryl methyl sites for hydroxylation is 1. The molecule has 1 atom stereocenters. The van der Waals surface area contributed by atoms with Gasteiger partial charge in [0.25, 0.3) is 0 Å². The summed E-state index contributed by atoms with van der Waals surface area (Å²) in [6.07, 6.45) is 3.23. The molecule has 0 N–H and O–H groups in total. The average Bonchev–Trinajstić information content (AvgIpc) is 3.18. The Kier molecular flexibility index (Phi) is 2.70. The zero-order valence-electron chi connectivity index (χ0n) is 12.8. The summed E-state index contributed by atoms with van der Waals surface area (Å²) < 4.78 is 11.5. The van der Waals surface area contributed by atoms with Crippen LogP contribution >= 0.6 is 0 Å². The fourth-order valence-electron chi connectivity index (χ4n) is 3.21. The van der Waals surface area contributed by atoms with Crippen LogP contribution in [-0.4, -0.2) is 7.11 Å². The van der Waals surface area contributed by atoms with E-state index in [9.17, 15) is 0 Å². The van der Waals surface area contributed by atoms with Crippen LogP contribution in [0.5, 0.6) is 11.5 Å². The minimum Gasteiger partial charge on any atom is -0.497 e. The predicted molar refractivity (Wildman–Crippen MR) is 88.2 cm³/mol. The van der Waals surface area contributed by atoms with Crippen LogP contribution < -0.4 is 9.47 Å². The molecule has 2 heteroatoms. The Labute approximate surface area is 130 Å². The number of benzene rings is 2. The average molecular weight is 290 g/mol. The van der Waals surface area contributed by atoms with E-state index in [4.69, 9.17) is 9.47 Å². The van der Waals surface area contributed by atoms with Gasteiger partial charge in [-0.2, -0.15) is 0 Å². The molecule has 1 saturated carbocycles. The van der Waals surface area contributed by atoms with E-state index in [1.165, 1.54) is 11.1 Å². The van der Waals surface area contributed by atoms with Crippen LogP contribution in [0, 0.1) is 6.92 Å². The van der Waals surface area contributed by atoms with Crippen LogP contribution in [0.4, 0.5) is 0 Å². The summed E-state index contributed by atoms with van der Waals surface area (Å²) in [6.45, 7) is 6.30. The lowest BCUT2D eigenvalue weighted by atomic mass is 9.89. The fraction of sp³-hybridized carbons (Fsp3) is 0.200. The highest BCUT2D eigenvalue weighted by molar-refractivity contribution is 5.75. The minimum atomic E-state index is -0.0329. The van der Waals surface area contributed by atoms with Gasteiger partial charge in [-0.05, 0) is 49.2 Å². The Morgan fingerprint density at radius 1 is 1.14 bits per heavy atom. The summed E-state index contributed by atoms with van der Waals surface area (Å²) in [4.78, 5) is 0. The molecule has 0 radical (unpaired) electrons. The van der Waals surface area contributed by atoms with E-state index in [1.54, 1.807) is 7.11 Å². The number of ether oxygens (including phenoxy) is 2. The van der Waals surface area contributed by atoms with Gasteiger partial charge < -0.3 is 9.47 Å². The van der Waals surface area contributed by atoms with Crippen LogP contribution in [-0.2, 0) is 5.41 Å². The lowest BCUT2D eigenvalue weighted by Crippen LogP contribution is -2.15. The van der Waals surface area contributed by atoms with Gasteiger partial charge >= 0.3 is 0 Å². The van der Waals surface area contributed by atoms with Crippen LogP contribution in [0.25, 0.3) is 5.76 Å². The number of rotatable bonds is 2. The molecular weight excluding hydrogens is 272 g/mol. The van der Waals surface area contributed by atoms with Crippen molar-refractivity contribution in [3.05, 3.63) is 77.4 Å². The van der Waals surface area contributed by atoms with Gasteiger partial charge in [-0.3, -0.25) is 0 Å². The molecule has 2 aromatic rings. The molecular formula is C20H18O2. The third kappa shape index (κ3) is 1.80. The summed E-state index contributed by atoms with van der Waals surface area (Å²) in [5.41, 5.74) is 4.70. The van der Waals surface area contributed by atoms with E-state index in [0.717, 1.165) is 34.8 Å². The smallest absolute Gasteiger partial charge is 0.134 e. The molecule has 0 bridgehead atoms. The van der Waals surface area contributed by atoms with Crippen molar-refractivity contribution in [1.82, 2.24) is 0 Å².